The van der Waals surface area contributed by atoms with E-state index in [1.165, 1.54) is 0 Å². The molecule has 0 amide bonds. The number of pyridine rings is 5. The van der Waals surface area contributed by atoms with Gasteiger partial charge in [0.1, 0.15) is 0 Å². The van der Waals surface area contributed by atoms with Crippen LogP contribution in [0.3, 0.4) is 0 Å². The maximum absolute atomic E-state index is 12.3. The van der Waals surface area contributed by atoms with Crippen LogP contribution < -0.4 is 0 Å². The lowest BCUT2D eigenvalue weighted by molar-refractivity contribution is 0.999. The van der Waals surface area contributed by atoms with E-state index in [0.29, 0.717) is 45.5 Å². The lowest BCUT2D eigenvalue weighted by Gasteiger charge is -2.32. The van der Waals surface area contributed by atoms with Gasteiger partial charge in [0.25, 0.3) is 0 Å². The zero-order valence-corrected chi connectivity index (χ0v) is 52.3. The van der Waals surface area contributed by atoms with E-state index in [-0.39, 0.29) is 22.5 Å². The molecule has 0 spiro atoms. The number of benzene rings is 9. The van der Waals surface area contributed by atoms with E-state index in [9.17, 15) is 10.5 Å². The molecule has 11 aromatic heterocycles. The summed E-state index contributed by atoms with van der Waals surface area (Å²) in [6.07, 6.45) is 9.26. The van der Waals surface area contributed by atoms with Crippen LogP contribution in [0, 0.1) is 22.7 Å². The SMILES string of the molecule is N#Cc1cc(-c2c(-n3c4ccccc4c4ncccc43)c(-n3c4ccccc4c4ncccc43)c(-n3c4ccccc4c4ncccc43)c(-n3c4ccccc4c4ncccc43)c2-n2c3ccccc3c3ncccc32)cc(C#N)c1-c1nc(-c2ccccc2)nc(-c2ccccc2)n1. The highest BCUT2D eigenvalue weighted by molar-refractivity contribution is 6.18. The Balaban J connectivity index is 1.12. The first-order valence-corrected chi connectivity index (χ1v) is 32.4. The summed E-state index contributed by atoms with van der Waals surface area (Å²) in [5, 5.41) is 29.1. The van der Waals surface area contributed by atoms with Gasteiger partial charge in [0, 0.05) is 74.6 Å². The molecule has 99 heavy (non-hydrogen) atoms. The molecule has 15 heteroatoms. The fraction of sp³-hybridized carbons (Fsp3) is 0. The van der Waals surface area contributed by atoms with E-state index in [4.69, 9.17) is 39.9 Å². The van der Waals surface area contributed by atoms with Crippen molar-refractivity contribution in [3.63, 3.8) is 0 Å². The van der Waals surface area contributed by atoms with Crippen molar-refractivity contribution in [2.24, 2.45) is 0 Å². The Labute approximate surface area is 562 Å². The average molecular weight is 1270 g/mol. The summed E-state index contributed by atoms with van der Waals surface area (Å²) in [5.74, 6) is 0.927. The lowest BCUT2D eigenvalue weighted by atomic mass is 9.90. The van der Waals surface area contributed by atoms with Crippen LogP contribution in [0.15, 0.2) is 286 Å². The van der Waals surface area contributed by atoms with Crippen molar-refractivity contribution in [1.82, 2.24) is 62.7 Å². The van der Waals surface area contributed by atoms with E-state index >= 15 is 0 Å². The molecule has 0 atom stereocenters. The quantitative estimate of drug-likeness (QED) is 0.135. The highest BCUT2D eigenvalue weighted by atomic mass is 15.2. The van der Waals surface area contributed by atoms with Crippen molar-refractivity contribution in [3.05, 3.63) is 297 Å². The molecule has 0 bridgehead atoms. The van der Waals surface area contributed by atoms with Crippen molar-refractivity contribution in [1.29, 1.82) is 10.5 Å². The fourth-order valence-corrected chi connectivity index (χ4v) is 15.3. The van der Waals surface area contributed by atoms with Gasteiger partial charge >= 0.3 is 0 Å². The molecule has 0 aliphatic rings. The highest BCUT2D eigenvalue weighted by Gasteiger charge is 2.38. The smallest absolute Gasteiger partial charge is 0.166 e. The summed E-state index contributed by atoms with van der Waals surface area (Å²) in [5.41, 5.74) is 19.0. The first-order valence-electron chi connectivity index (χ1n) is 32.4. The molecule has 0 saturated carbocycles. The normalized spacial score (nSPS) is 11.8. The molecule has 11 heterocycles. The molecule has 0 unspecified atom stereocenters. The first kappa shape index (κ1) is 55.2. The second-order valence-electron chi connectivity index (χ2n) is 24.4. The summed E-state index contributed by atoms with van der Waals surface area (Å²) in [7, 11) is 0. The van der Waals surface area contributed by atoms with Gasteiger partial charge < -0.3 is 22.8 Å². The molecule has 0 aliphatic heterocycles. The predicted octanol–water partition coefficient (Wildman–Crippen LogP) is 18.7. The van der Waals surface area contributed by atoms with E-state index in [1.54, 1.807) is 0 Å². The van der Waals surface area contributed by atoms with Gasteiger partial charge in [-0.05, 0) is 109 Å². The third-order valence-electron chi connectivity index (χ3n) is 19.2. The Hall–Kier alpha value is -14.3. The zero-order chi connectivity index (χ0) is 65.4. The second kappa shape index (κ2) is 21.6. The number of fused-ring (bicyclic) bond motifs is 15. The maximum Gasteiger partial charge on any atom is 0.166 e. The van der Waals surface area contributed by atoms with Gasteiger partial charge in [-0.2, -0.15) is 10.5 Å². The third kappa shape index (κ3) is 8.04. The number of para-hydroxylation sites is 5. The van der Waals surface area contributed by atoms with E-state index in [2.05, 4.69) is 187 Å². The Morgan fingerprint density at radius 1 is 0.232 bits per heavy atom. The van der Waals surface area contributed by atoms with Crippen LogP contribution in [0.2, 0.25) is 0 Å². The first-order chi connectivity index (χ1) is 49.1. The standard InChI is InChI=1S/C84H47N15/c85-48-53-46-52(47-54(49-86)70(53)84-93-82(50-22-3-1-4-23-50)92-83(94-84)51-24-5-2-6-25-51)71-77(95-60-31-12-7-26-55(60)72-65(95)36-17-41-87-72)79(97-62-33-14-9-28-57(62)74-67(97)38-19-43-89-74)81(99-64-35-16-11-30-59(64)76-69(99)40-21-45-91-76)80(98-63-34-15-10-29-58(63)75-68(98)39-20-44-90-75)78(71)96-61-32-13-8-27-56(61)73-66(96)37-18-42-88-73/h1-47H. The Morgan fingerprint density at radius 3 is 0.788 bits per heavy atom. The summed E-state index contributed by atoms with van der Waals surface area (Å²) in [4.78, 5) is 41.8. The van der Waals surface area contributed by atoms with Crippen LogP contribution in [-0.2, 0) is 0 Å². The Morgan fingerprint density at radius 2 is 0.485 bits per heavy atom. The minimum Gasteiger partial charge on any atom is -0.305 e. The summed E-state index contributed by atoms with van der Waals surface area (Å²) in [6.45, 7) is 0. The zero-order valence-electron chi connectivity index (χ0n) is 52.3. The molecule has 458 valence electrons. The Kier molecular flexibility index (Phi) is 12.1. The van der Waals surface area contributed by atoms with Crippen LogP contribution in [0.25, 0.3) is 183 Å². The number of nitriles is 2. The van der Waals surface area contributed by atoms with Crippen molar-refractivity contribution >= 4 is 110 Å². The summed E-state index contributed by atoms with van der Waals surface area (Å²) in [6, 6.07) is 91.4. The van der Waals surface area contributed by atoms with Crippen LogP contribution in [0.5, 0.6) is 0 Å². The highest BCUT2D eigenvalue weighted by Crippen LogP contribution is 2.54. The fourth-order valence-electron chi connectivity index (χ4n) is 15.3. The third-order valence-corrected chi connectivity index (χ3v) is 19.2. The topological polar surface area (TPSA) is 175 Å². The van der Waals surface area contributed by atoms with Gasteiger partial charge in [0.05, 0.1) is 140 Å². The minimum atomic E-state index is 0.153. The molecule has 20 rings (SSSR count). The molecule has 20 aromatic rings. The van der Waals surface area contributed by atoms with Crippen molar-refractivity contribution in [2.75, 3.05) is 0 Å². The number of hydrogen-bond donors (Lipinski definition) is 0. The van der Waals surface area contributed by atoms with E-state index < -0.39 is 0 Å². The van der Waals surface area contributed by atoms with E-state index in [1.807, 2.05) is 134 Å². The van der Waals surface area contributed by atoms with Gasteiger partial charge in [-0.15, -0.1) is 0 Å². The van der Waals surface area contributed by atoms with Gasteiger partial charge in [0.2, 0.25) is 0 Å². The molecule has 0 fully saturated rings. The molecule has 0 radical (unpaired) electrons. The summed E-state index contributed by atoms with van der Waals surface area (Å²) < 4.78 is 11.8. The number of aromatic nitrogens is 13. The molecular formula is C84H47N15. The van der Waals surface area contributed by atoms with Crippen molar-refractivity contribution in [3.8, 4) is 85.9 Å². The van der Waals surface area contributed by atoms with Gasteiger partial charge in [-0.25, -0.2) is 15.0 Å². The van der Waals surface area contributed by atoms with Gasteiger partial charge in [0.15, 0.2) is 17.5 Å². The van der Waals surface area contributed by atoms with Crippen LogP contribution in [-0.4, -0.2) is 62.7 Å². The van der Waals surface area contributed by atoms with E-state index in [0.717, 1.165) is 126 Å². The number of hydrogen-bond acceptors (Lipinski definition) is 10. The Bertz CT molecular complexity index is 6290. The minimum absolute atomic E-state index is 0.153. The lowest BCUT2D eigenvalue weighted by Crippen LogP contribution is -2.18. The van der Waals surface area contributed by atoms with Crippen molar-refractivity contribution < 1.29 is 0 Å². The van der Waals surface area contributed by atoms with Crippen LogP contribution >= 0.6 is 0 Å². The van der Waals surface area contributed by atoms with Crippen LogP contribution in [0.4, 0.5) is 0 Å². The summed E-state index contributed by atoms with van der Waals surface area (Å²) >= 11 is 0. The molecule has 0 aliphatic carbocycles. The maximum atomic E-state index is 12.3. The molecule has 0 saturated heterocycles. The largest absolute Gasteiger partial charge is 0.305 e. The monoisotopic (exact) mass is 1270 g/mol. The molecule has 15 nitrogen and oxygen atoms in total. The van der Waals surface area contributed by atoms with Crippen molar-refractivity contribution in [2.45, 2.75) is 0 Å². The number of rotatable bonds is 9. The second-order valence-corrected chi connectivity index (χ2v) is 24.4. The molecule has 0 N–H and O–H groups in total. The van der Waals surface area contributed by atoms with Gasteiger partial charge in [-0.3, -0.25) is 24.9 Å². The number of nitrogens with zero attached hydrogens (tertiary/aromatic N) is 15. The van der Waals surface area contributed by atoms with Gasteiger partial charge in [-0.1, -0.05) is 152 Å². The van der Waals surface area contributed by atoms with Crippen LogP contribution in [0.1, 0.15) is 11.1 Å². The average Bonchev–Trinajstić information content (AvgIpc) is 1.57. The molecule has 9 aromatic carbocycles. The molecular weight excluding hydrogens is 1220 g/mol. The predicted molar refractivity (Wildman–Crippen MR) is 392 cm³/mol.